The lowest BCUT2D eigenvalue weighted by atomic mass is 10.1. The molecule has 0 spiro atoms. The Morgan fingerprint density at radius 3 is 2.56 bits per heavy atom. The smallest absolute Gasteiger partial charge is 0.268 e. The van der Waals surface area contributed by atoms with Gasteiger partial charge in [0.05, 0.1) is 4.88 Å². The molecule has 18 heavy (non-hydrogen) atoms. The number of carbonyl (C=O) groups excluding carboxylic acids is 1. The van der Waals surface area contributed by atoms with Gasteiger partial charge >= 0.3 is 0 Å². The van der Waals surface area contributed by atoms with E-state index in [0.29, 0.717) is 6.54 Å². The van der Waals surface area contributed by atoms with Gasteiger partial charge in [0.2, 0.25) is 0 Å². The van der Waals surface area contributed by atoms with Gasteiger partial charge in [-0.15, -0.1) is 11.3 Å². The highest BCUT2D eigenvalue weighted by molar-refractivity contribution is 7.12. The molecule has 0 radical (unpaired) electrons. The molecule has 0 saturated heterocycles. The average molecular weight is 260 g/mol. The number of amides is 1. The zero-order valence-corrected chi connectivity index (χ0v) is 11.1. The maximum absolute atomic E-state index is 12.1. The van der Waals surface area contributed by atoms with Crippen LogP contribution < -0.4 is 10.6 Å². The number of thiophene rings is 1. The molecule has 0 fully saturated rings. The normalized spacial score (nSPS) is 10.3. The van der Waals surface area contributed by atoms with Gasteiger partial charge in [0.1, 0.15) is 0 Å². The summed E-state index contributed by atoms with van der Waals surface area (Å²) in [6.45, 7) is 0.642. The lowest BCUT2D eigenvalue weighted by molar-refractivity contribution is 0.0997. The predicted molar refractivity (Wildman–Crippen MR) is 76.3 cm³/mol. The fourth-order valence-corrected chi connectivity index (χ4v) is 2.43. The molecular formula is C14H16N2OS. The van der Waals surface area contributed by atoms with Gasteiger partial charge in [-0.05, 0) is 42.1 Å². The van der Waals surface area contributed by atoms with Crippen molar-refractivity contribution in [3.63, 3.8) is 0 Å². The lowest BCUT2D eigenvalue weighted by Crippen LogP contribution is -2.25. The highest BCUT2D eigenvalue weighted by Gasteiger charge is 2.13. The number of nitrogens with two attached hydrogens (primary N) is 1. The largest absolute Gasteiger partial charge is 0.330 e. The van der Waals surface area contributed by atoms with Crippen molar-refractivity contribution in [2.45, 2.75) is 6.42 Å². The molecule has 94 valence electrons. The molecule has 4 heteroatoms. The Kier molecular flexibility index (Phi) is 4.12. The monoisotopic (exact) mass is 260 g/mol. The molecule has 3 nitrogen and oxygen atoms in total. The maximum Gasteiger partial charge on any atom is 0.268 e. The molecule has 0 aliphatic carbocycles. The highest BCUT2D eigenvalue weighted by Crippen LogP contribution is 2.18. The summed E-state index contributed by atoms with van der Waals surface area (Å²) in [7, 11) is 1.79. The van der Waals surface area contributed by atoms with E-state index in [9.17, 15) is 4.79 Å². The van der Waals surface area contributed by atoms with Crippen molar-refractivity contribution in [3.8, 4) is 0 Å². The van der Waals surface area contributed by atoms with E-state index >= 15 is 0 Å². The fourth-order valence-electron chi connectivity index (χ4n) is 1.74. The summed E-state index contributed by atoms with van der Waals surface area (Å²) in [5, 5.41) is 1.91. The van der Waals surface area contributed by atoms with Crippen LogP contribution in [0.15, 0.2) is 41.8 Å². The van der Waals surface area contributed by atoms with E-state index in [0.717, 1.165) is 17.0 Å². The molecule has 0 atom stereocenters. The van der Waals surface area contributed by atoms with E-state index in [1.54, 1.807) is 11.9 Å². The van der Waals surface area contributed by atoms with Gasteiger partial charge in [-0.3, -0.25) is 4.79 Å². The van der Waals surface area contributed by atoms with Crippen molar-refractivity contribution in [2.24, 2.45) is 5.73 Å². The Morgan fingerprint density at radius 2 is 2.00 bits per heavy atom. The van der Waals surface area contributed by atoms with Crippen LogP contribution >= 0.6 is 11.3 Å². The van der Waals surface area contributed by atoms with Gasteiger partial charge in [0.25, 0.3) is 5.91 Å². The van der Waals surface area contributed by atoms with Gasteiger partial charge in [0, 0.05) is 12.7 Å². The van der Waals surface area contributed by atoms with Crippen molar-refractivity contribution in [1.29, 1.82) is 0 Å². The standard InChI is InChI=1S/C14H16N2OS/c1-16(14(17)13-3-2-10-18-13)12-6-4-11(5-7-12)8-9-15/h2-7,10H,8-9,15H2,1H3. The Labute approximate surface area is 111 Å². The zero-order chi connectivity index (χ0) is 13.0. The van der Waals surface area contributed by atoms with Crippen molar-refractivity contribution in [1.82, 2.24) is 0 Å². The summed E-state index contributed by atoms with van der Waals surface area (Å²) < 4.78 is 0. The minimum Gasteiger partial charge on any atom is -0.330 e. The number of hydrogen-bond donors (Lipinski definition) is 1. The van der Waals surface area contributed by atoms with Gasteiger partial charge in [0.15, 0.2) is 0 Å². The van der Waals surface area contributed by atoms with Crippen LogP contribution in [0.25, 0.3) is 0 Å². The number of benzene rings is 1. The Morgan fingerprint density at radius 1 is 1.28 bits per heavy atom. The van der Waals surface area contributed by atoms with E-state index in [1.807, 2.05) is 41.8 Å². The van der Waals surface area contributed by atoms with Crippen molar-refractivity contribution in [2.75, 3.05) is 18.5 Å². The second-order valence-electron chi connectivity index (χ2n) is 4.05. The topological polar surface area (TPSA) is 46.3 Å². The second kappa shape index (κ2) is 5.80. The minimum atomic E-state index is 0.0246. The summed E-state index contributed by atoms with van der Waals surface area (Å²) in [5.74, 6) is 0.0246. The second-order valence-corrected chi connectivity index (χ2v) is 4.99. The molecule has 2 N–H and O–H groups in total. The zero-order valence-electron chi connectivity index (χ0n) is 10.3. The maximum atomic E-state index is 12.1. The Bertz CT molecular complexity index is 505. The number of anilines is 1. The molecular weight excluding hydrogens is 244 g/mol. The number of hydrogen-bond acceptors (Lipinski definition) is 3. The molecule has 0 aliphatic heterocycles. The quantitative estimate of drug-likeness (QED) is 0.918. The predicted octanol–water partition coefficient (Wildman–Crippen LogP) is 2.53. The summed E-state index contributed by atoms with van der Waals surface area (Å²) in [6, 6.07) is 11.7. The summed E-state index contributed by atoms with van der Waals surface area (Å²) >= 11 is 1.46. The molecule has 0 unspecified atom stereocenters. The molecule has 1 heterocycles. The third-order valence-corrected chi connectivity index (χ3v) is 3.65. The minimum absolute atomic E-state index is 0.0246. The van der Waals surface area contributed by atoms with Gasteiger partial charge in [-0.25, -0.2) is 0 Å². The van der Waals surface area contributed by atoms with E-state index in [1.165, 1.54) is 16.9 Å². The van der Waals surface area contributed by atoms with Gasteiger partial charge < -0.3 is 10.6 Å². The van der Waals surface area contributed by atoms with Crippen LogP contribution in [0.1, 0.15) is 15.2 Å². The van der Waals surface area contributed by atoms with Crippen LogP contribution in [-0.4, -0.2) is 19.5 Å². The average Bonchev–Trinajstić information content (AvgIpc) is 2.92. The van der Waals surface area contributed by atoms with Crippen LogP contribution in [0.3, 0.4) is 0 Å². The van der Waals surface area contributed by atoms with Gasteiger partial charge in [-0.2, -0.15) is 0 Å². The van der Waals surface area contributed by atoms with Crippen molar-refractivity contribution in [3.05, 3.63) is 52.2 Å². The molecule has 2 aromatic rings. The van der Waals surface area contributed by atoms with E-state index in [-0.39, 0.29) is 5.91 Å². The lowest BCUT2D eigenvalue weighted by Gasteiger charge is -2.16. The molecule has 2 rings (SSSR count). The highest BCUT2D eigenvalue weighted by atomic mass is 32.1. The van der Waals surface area contributed by atoms with E-state index < -0.39 is 0 Å². The summed E-state index contributed by atoms with van der Waals surface area (Å²) in [5.41, 5.74) is 7.60. The van der Waals surface area contributed by atoms with Crippen LogP contribution in [-0.2, 0) is 6.42 Å². The van der Waals surface area contributed by atoms with Crippen molar-refractivity contribution < 1.29 is 4.79 Å². The molecule has 0 aliphatic rings. The van der Waals surface area contributed by atoms with Crippen LogP contribution in [0.2, 0.25) is 0 Å². The van der Waals surface area contributed by atoms with E-state index in [4.69, 9.17) is 5.73 Å². The first-order valence-electron chi connectivity index (χ1n) is 5.83. The molecule has 0 saturated carbocycles. The first-order valence-corrected chi connectivity index (χ1v) is 6.71. The van der Waals surface area contributed by atoms with Crippen LogP contribution in [0.5, 0.6) is 0 Å². The fraction of sp³-hybridized carbons (Fsp3) is 0.214. The number of carbonyl (C=O) groups is 1. The third kappa shape index (κ3) is 2.78. The Hall–Kier alpha value is -1.65. The molecule has 1 aromatic heterocycles. The first-order chi connectivity index (χ1) is 8.72. The summed E-state index contributed by atoms with van der Waals surface area (Å²) in [6.07, 6.45) is 0.864. The van der Waals surface area contributed by atoms with E-state index in [2.05, 4.69) is 0 Å². The SMILES string of the molecule is CN(C(=O)c1cccs1)c1ccc(CCN)cc1. The van der Waals surface area contributed by atoms with Crippen molar-refractivity contribution >= 4 is 22.9 Å². The van der Waals surface area contributed by atoms with Gasteiger partial charge in [-0.1, -0.05) is 18.2 Å². The van der Waals surface area contributed by atoms with Crippen LogP contribution in [0, 0.1) is 0 Å². The Balaban J connectivity index is 2.13. The molecule has 1 amide bonds. The summed E-state index contributed by atoms with van der Waals surface area (Å²) in [4.78, 5) is 14.6. The number of nitrogens with zero attached hydrogens (tertiary/aromatic N) is 1. The molecule has 0 bridgehead atoms. The van der Waals surface area contributed by atoms with Crippen LogP contribution in [0.4, 0.5) is 5.69 Å². The third-order valence-electron chi connectivity index (χ3n) is 2.79. The first kappa shape index (κ1) is 12.8. The number of rotatable bonds is 4. The molecule has 1 aromatic carbocycles.